The summed E-state index contributed by atoms with van der Waals surface area (Å²) in [6.07, 6.45) is 4.48. The molecule has 106 valence electrons. The molecule has 2 aromatic rings. The van der Waals surface area contributed by atoms with Gasteiger partial charge in [0, 0.05) is 6.42 Å². The first kappa shape index (κ1) is 12.1. The highest BCUT2D eigenvalue weighted by Crippen LogP contribution is 2.34. The van der Waals surface area contributed by atoms with Crippen molar-refractivity contribution in [2.45, 2.75) is 19.0 Å². The maximum Gasteiger partial charge on any atom is 0.416 e. The van der Waals surface area contributed by atoms with Gasteiger partial charge >= 0.3 is 6.09 Å². The number of hydrogen-bond donors (Lipinski definition) is 0. The Morgan fingerprint density at radius 2 is 2.05 bits per heavy atom. The third kappa shape index (κ3) is 1.91. The molecule has 21 heavy (non-hydrogen) atoms. The lowest BCUT2D eigenvalue weighted by Crippen LogP contribution is -2.29. The van der Waals surface area contributed by atoms with Gasteiger partial charge in [-0.05, 0) is 5.56 Å². The first-order valence-corrected chi connectivity index (χ1v) is 6.93. The highest BCUT2D eigenvalue weighted by Gasteiger charge is 2.38. The van der Waals surface area contributed by atoms with Gasteiger partial charge in [-0.15, -0.1) is 5.10 Å². The second-order valence-corrected chi connectivity index (χ2v) is 5.09. The van der Waals surface area contributed by atoms with E-state index < -0.39 is 0 Å². The number of hydrogen-bond acceptors (Lipinski definition) is 4. The number of allylic oxidation sites excluding steroid dienone is 2. The van der Waals surface area contributed by atoms with Gasteiger partial charge in [0.05, 0.1) is 12.2 Å². The Hall–Kier alpha value is -2.63. The Kier molecular flexibility index (Phi) is 2.73. The molecule has 1 aromatic carbocycles. The van der Waals surface area contributed by atoms with Crippen molar-refractivity contribution in [2.75, 3.05) is 11.5 Å². The van der Waals surface area contributed by atoms with Crippen LogP contribution in [0.4, 0.5) is 10.6 Å². The molecule has 2 aliphatic rings. The summed E-state index contributed by atoms with van der Waals surface area (Å²) in [5.74, 6) is 0.607. The largest absolute Gasteiger partial charge is 0.447 e. The van der Waals surface area contributed by atoms with Gasteiger partial charge in [-0.3, -0.25) is 0 Å². The van der Waals surface area contributed by atoms with Crippen molar-refractivity contribution in [1.29, 1.82) is 0 Å². The maximum atomic E-state index is 12.2. The average molecular weight is 282 g/mol. The lowest BCUT2D eigenvalue weighted by Gasteiger charge is -2.20. The van der Waals surface area contributed by atoms with Crippen molar-refractivity contribution in [1.82, 2.24) is 15.0 Å². The van der Waals surface area contributed by atoms with E-state index in [0.29, 0.717) is 19.0 Å². The molecular formula is C15H14N4O2. The summed E-state index contributed by atoms with van der Waals surface area (Å²) in [5.41, 5.74) is 1.99. The number of nitrogens with zero attached hydrogens (tertiary/aromatic N) is 4. The zero-order valence-corrected chi connectivity index (χ0v) is 11.3. The minimum Gasteiger partial charge on any atom is -0.447 e. The lowest BCUT2D eigenvalue weighted by atomic mass is 10.1. The fourth-order valence-electron chi connectivity index (χ4n) is 2.80. The standard InChI is InChI=1S/C15H14N4O2/c20-15-19(13(10-21-15)11-6-2-1-3-7-11)14-12-8-4-5-9-18(12)17-16-14/h1-7,13H,8-10H2/t13-/m0/s1. The van der Waals surface area contributed by atoms with E-state index in [1.165, 1.54) is 0 Å². The van der Waals surface area contributed by atoms with Crippen LogP contribution < -0.4 is 4.90 Å². The van der Waals surface area contributed by atoms with E-state index in [4.69, 9.17) is 4.74 Å². The zero-order valence-electron chi connectivity index (χ0n) is 11.3. The molecule has 6 heteroatoms. The molecule has 1 fully saturated rings. The summed E-state index contributed by atoms with van der Waals surface area (Å²) in [6, 6.07) is 9.72. The van der Waals surface area contributed by atoms with Gasteiger partial charge in [-0.1, -0.05) is 47.7 Å². The number of anilines is 1. The molecule has 0 spiro atoms. The quantitative estimate of drug-likeness (QED) is 0.791. The summed E-state index contributed by atoms with van der Waals surface area (Å²) in [6.45, 7) is 1.03. The molecule has 1 saturated heterocycles. The van der Waals surface area contributed by atoms with Crippen LogP contribution in [-0.4, -0.2) is 27.7 Å². The predicted molar refractivity (Wildman–Crippen MR) is 75.9 cm³/mol. The van der Waals surface area contributed by atoms with Gasteiger partial charge in [0.1, 0.15) is 12.6 Å². The summed E-state index contributed by atoms with van der Waals surface area (Å²) < 4.78 is 7.06. The maximum absolute atomic E-state index is 12.2. The molecule has 0 unspecified atom stereocenters. The first-order valence-electron chi connectivity index (χ1n) is 6.93. The molecule has 0 bridgehead atoms. The smallest absolute Gasteiger partial charge is 0.416 e. The van der Waals surface area contributed by atoms with Crippen molar-refractivity contribution < 1.29 is 9.53 Å². The molecule has 0 N–H and O–H groups in total. The zero-order chi connectivity index (χ0) is 14.2. The van der Waals surface area contributed by atoms with Gasteiger partial charge in [0.25, 0.3) is 0 Å². The summed E-state index contributed by atoms with van der Waals surface area (Å²) in [5, 5.41) is 8.33. The van der Waals surface area contributed by atoms with Crippen LogP contribution in [0.25, 0.3) is 0 Å². The van der Waals surface area contributed by atoms with Crippen molar-refractivity contribution in [3.05, 3.63) is 53.7 Å². The van der Waals surface area contributed by atoms with Gasteiger partial charge < -0.3 is 4.74 Å². The Labute approximate surface area is 121 Å². The van der Waals surface area contributed by atoms with Crippen LogP contribution >= 0.6 is 0 Å². The number of rotatable bonds is 2. The average Bonchev–Trinajstić information content (AvgIpc) is 3.11. The van der Waals surface area contributed by atoms with Crippen molar-refractivity contribution in [3.63, 3.8) is 0 Å². The normalized spacial score (nSPS) is 20.5. The number of fused-ring (bicyclic) bond motifs is 1. The number of benzene rings is 1. The Morgan fingerprint density at radius 1 is 1.19 bits per heavy atom. The van der Waals surface area contributed by atoms with Crippen molar-refractivity contribution >= 4 is 11.9 Å². The molecule has 1 aromatic heterocycles. The Morgan fingerprint density at radius 3 is 2.90 bits per heavy atom. The minimum atomic E-state index is -0.360. The molecule has 1 amide bonds. The van der Waals surface area contributed by atoms with Crippen LogP contribution in [0.1, 0.15) is 17.3 Å². The fourth-order valence-corrected chi connectivity index (χ4v) is 2.80. The van der Waals surface area contributed by atoms with Crippen molar-refractivity contribution in [2.24, 2.45) is 0 Å². The van der Waals surface area contributed by atoms with E-state index in [0.717, 1.165) is 17.7 Å². The summed E-state index contributed by atoms with van der Waals surface area (Å²) >= 11 is 0. The van der Waals surface area contributed by atoms with Crippen LogP contribution in [-0.2, 0) is 17.7 Å². The number of ether oxygens (including phenoxy) is 1. The van der Waals surface area contributed by atoms with E-state index in [1.807, 2.05) is 41.1 Å². The highest BCUT2D eigenvalue weighted by atomic mass is 16.6. The van der Waals surface area contributed by atoms with Gasteiger partial charge in [0.2, 0.25) is 0 Å². The lowest BCUT2D eigenvalue weighted by molar-refractivity contribution is 0.179. The summed E-state index contributed by atoms with van der Waals surface area (Å²) in [4.78, 5) is 13.8. The van der Waals surface area contributed by atoms with E-state index in [2.05, 4.69) is 16.4 Å². The fraction of sp³-hybridized carbons (Fsp3) is 0.267. The molecule has 0 radical (unpaired) electrons. The molecule has 0 saturated carbocycles. The molecular weight excluding hydrogens is 268 g/mol. The molecule has 0 aliphatic carbocycles. The van der Waals surface area contributed by atoms with E-state index in [-0.39, 0.29) is 12.1 Å². The summed E-state index contributed by atoms with van der Waals surface area (Å²) in [7, 11) is 0. The molecule has 1 atom stereocenters. The van der Waals surface area contributed by atoms with Gasteiger partial charge in [-0.2, -0.15) is 0 Å². The van der Waals surface area contributed by atoms with E-state index >= 15 is 0 Å². The number of carbonyl (C=O) groups is 1. The topological polar surface area (TPSA) is 60.2 Å². The van der Waals surface area contributed by atoms with Crippen molar-refractivity contribution in [3.8, 4) is 0 Å². The number of cyclic esters (lactones) is 1. The molecule has 3 heterocycles. The van der Waals surface area contributed by atoms with Crippen LogP contribution in [0.3, 0.4) is 0 Å². The third-order valence-corrected chi connectivity index (χ3v) is 3.86. The van der Waals surface area contributed by atoms with Crippen LogP contribution in [0.15, 0.2) is 42.5 Å². The monoisotopic (exact) mass is 282 g/mol. The second-order valence-electron chi connectivity index (χ2n) is 5.09. The van der Waals surface area contributed by atoms with E-state index in [1.54, 1.807) is 4.90 Å². The third-order valence-electron chi connectivity index (χ3n) is 3.86. The van der Waals surface area contributed by atoms with Crippen LogP contribution in [0.5, 0.6) is 0 Å². The highest BCUT2D eigenvalue weighted by molar-refractivity contribution is 5.90. The second kappa shape index (κ2) is 4.73. The van der Waals surface area contributed by atoms with E-state index in [9.17, 15) is 4.79 Å². The molecule has 4 rings (SSSR count). The molecule has 6 nitrogen and oxygen atoms in total. The SMILES string of the molecule is O=C1OC[C@@H](c2ccccc2)N1c1nnn2c1CC=CC2. The Balaban J connectivity index is 1.75. The minimum absolute atomic E-state index is 0.147. The van der Waals surface area contributed by atoms with Gasteiger partial charge in [0.15, 0.2) is 5.82 Å². The van der Waals surface area contributed by atoms with Crippen LogP contribution in [0, 0.1) is 0 Å². The van der Waals surface area contributed by atoms with Gasteiger partial charge in [-0.25, -0.2) is 14.4 Å². The predicted octanol–water partition coefficient (Wildman–Crippen LogP) is 2.09. The first-order chi connectivity index (χ1) is 10.3. The molecule has 2 aliphatic heterocycles. The Bertz CT molecular complexity index is 708. The number of amides is 1. The number of aromatic nitrogens is 3. The number of carbonyl (C=O) groups excluding carboxylic acids is 1. The van der Waals surface area contributed by atoms with Crippen LogP contribution in [0.2, 0.25) is 0 Å².